The molecule has 0 saturated carbocycles. The zero-order chi connectivity index (χ0) is 18.5. The molecule has 0 spiro atoms. The molecule has 7 nitrogen and oxygen atoms in total. The lowest BCUT2D eigenvalue weighted by Gasteiger charge is -2.24. The molecule has 1 amide bonds. The second-order valence-corrected chi connectivity index (χ2v) is 7.43. The number of nitrogens with zero attached hydrogens (tertiary/aromatic N) is 5. The molecule has 2 aromatic rings. The Labute approximate surface area is 154 Å². The maximum absolute atomic E-state index is 12.8. The minimum atomic E-state index is -0.159. The van der Waals surface area contributed by atoms with E-state index in [9.17, 15) is 4.79 Å². The number of rotatable bonds is 7. The molecule has 1 N–H and O–H groups in total. The third-order valence-electron chi connectivity index (χ3n) is 4.92. The summed E-state index contributed by atoms with van der Waals surface area (Å²) in [5.74, 6) is 0.533. The number of carbonyl (C=O) groups is 1. The van der Waals surface area contributed by atoms with Crippen molar-refractivity contribution in [3.05, 3.63) is 41.7 Å². The zero-order valence-corrected chi connectivity index (χ0v) is 15.8. The van der Waals surface area contributed by atoms with Gasteiger partial charge < -0.3 is 5.32 Å². The van der Waals surface area contributed by atoms with Crippen LogP contribution in [0.2, 0.25) is 0 Å². The molecule has 1 aliphatic heterocycles. The van der Waals surface area contributed by atoms with Crippen LogP contribution in [0.5, 0.6) is 0 Å². The topological polar surface area (TPSA) is 75.9 Å². The maximum atomic E-state index is 12.8. The first kappa shape index (κ1) is 18.5. The van der Waals surface area contributed by atoms with E-state index in [0.717, 1.165) is 25.9 Å². The Bertz CT molecular complexity index is 697. The number of nitrogens with one attached hydrogen (secondary N) is 1. The van der Waals surface area contributed by atoms with Gasteiger partial charge in [0.2, 0.25) is 5.91 Å². The summed E-state index contributed by atoms with van der Waals surface area (Å²) in [5, 5.41) is 14.6. The summed E-state index contributed by atoms with van der Waals surface area (Å²) in [4.78, 5) is 15.0. The molecule has 0 bridgehead atoms. The standard InChI is InChI=1S/C19H28N6O/c1-4-15-5-7-16(8-6-15)11-24-12-17(25-13-21-22-23-25)9-18(24)19(26)20-10-14(2)3/h5-8,13-14,17-18H,4,9-12H2,1-3H3,(H,20,26)/t17-,18+/m1/s1. The molecule has 7 heteroatoms. The maximum Gasteiger partial charge on any atom is 0.237 e. The van der Waals surface area contributed by atoms with Crippen LogP contribution in [-0.2, 0) is 17.8 Å². The van der Waals surface area contributed by atoms with Crippen LogP contribution in [0.4, 0.5) is 0 Å². The molecular weight excluding hydrogens is 328 g/mol. The fraction of sp³-hybridized carbons (Fsp3) is 0.579. The highest BCUT2D eigenvalue weighted by Crippen LogP contribution is 2.28. The van der Waals surface area contributed by atoms with Crippen molar-refractivity contribution in [3.8, 4) is 0 Å². The predicted molar refractivity (Wildman–Crippen MR) is 99.3 cm³/mol. The smallest absolute Gasteiger partial charge is 0.237 e. The van der Waals surface area contributed by atoms with Crippen LogP contribution in [0.3, 0.4) is 0 Å². The molecule has 140 valence electrons. The number of aromatic nitrogens is 4. The Morgan fingerprint density at radius 3 is 2.62 bits per heavy atom. The molecule has 1 aliphatic rings. The van der Waals surface area contributed by atoms with Gasteiger partial charge >= 0.3 is 0 Å². The third kappa shape index (κ3) is 4.46. The molecule has 26 heavy (non-hydrogen) atoms. The number of hydrogen-bond donors (Lipinski definition) is 1. The van der Waals surface area contributed by atoms with E-state index in [0.29, 0.717) is 12.5 Å². The molecule has 1 saturated heterocycles. The summed E-state index contributed by atoms with van der Waals surface area (Å²) in [7, 11) is 0. The summed E-state index contributed by atoms with van der Waals surface area (Å²) in [6.07, 6.45) is 3.39. The minimum Gasteiger partial charge on any atom is -0.354 e. The van der Waals surface area contributed by atoms with Gasteiger partial charge in [0.05, 0.1) is 12.1 Å². The van der Waals surface area contributed by atoms with Crippen molar-refractivity contribution in [2.45, 2.75) is 52.2 Å². The van der Waals surface area contributed by atoms with E-state index in [1.165, 1.54) is 11.1 Å². The first-order valence-corrected chi connectivity index (χ1v) is 9.38. The first-order chi connectivity index (χ1) is 12.6. The van der Waals surface area contributed by atoms with Gasteiger partial charge in [-0.2, -0.15) is 0 Å². The van der Waals surface area contributed by atoms with Crippen LogP contribution in [-0.4, -0.2) is 50.1 Å². The summed E-state index contributed by atoms with van der Waals surface area (Å²) in [6.45, 7) is 8.58. The summed E-state index contributed by atoms with van der Waals surface area (Å²) >= 11 is 0. The van der Waals surface area contributed by atoms with Crippen LogP contribution >= 0.6 is 0 Å². The van der Waals surface area contributed by atoms with Gasteiger partial charge in [-0.3, -0.25) is 9.69 Å². The van der Waals surface area contributed by atoms with E-state index >= 15 is 0 Å². The number of aryl methyl sites for hydroxylation is 1. The summed E-state index contributed by atoms with van der Waals surface area (Å²) in [5.41, 5.74) is 2.55. The van der Waals surface area contributed by atoms with Crippen molar-refractivity contribution < 1.29 is 4.79 Å². The Hall–Kier alpha value is -2.28. The van der Waals surface area contributed by atoms with Gasteiger partial charge in [-0.25, -0.2) is 4.68 Å². The van der Waals surface area contributed by atoms with Gasteiger partial charge in [0.15, 0.2) is 0 Å². The van der Waals surface area contributed by atoms with Crippen LogP contribution in [0, 0.1) is 5.92 Å². The van der Waals surface area contributed by atoms with Crippen LogP contribution in [0.25, 0.3) is 0 Å². The SMILES string of the molecule is CCc1ccc(CN2C[C@H](n3cnnn3)C[C@H]2C(=O)NCC(C)C)cc1. The molecule has 0 unspecified atom stereocenters. The van der Waals surface area contributed by atoms with E-state index in [2.05, 4.69) is 70.8 Å². The lowest BCUT2D eigenvalue weighted by molar-refractivity contribution is -0.125. The molecule has 0 radical (unpaired) electrons. The lowest BCUT2D eigenvalue weighted by atomic mass is 10.1. The molecule has 2 heterocycles. The predicted octanol–water partition coefficient (Wildman–Crippen LogP) is 1.82. The van der Waals surface area contributed by atoms with Gasteiger partial charge in [-0.05, 0) is 40.3 Å². The third-order valence-corrected chi connectivity index (χ3v) is 4.92. The Kier molecular flexibility index (Phi) is 5.98. The fourth-order valence-corrected chi connectivity index (χ4v) is 3.39. The number of hydrogen-bond acceptors (Lipinski definition) is 5. The molecular formula is C19H28N6O. The quantitative estimate of drug-likeness (QED) is 0.819. The minimum absolute atomic E-state index is 0.0967. The highest BCUT2D eigenvalue weighted by atomic mass is 16.2. The molecule has 0 aliphatic carbocycles. The van der Waals surface area contributed by atoms with Gasteiger partial charge in [-0.1, -0.05) is 45.0 Å². The number of benzene rings is 1. The monoisotopic (exact) mass is 356 g/mol. The number of amides is 1. The number of likely N-dealkylation sites (tertiary alicyclic amines) is 1. The average Bonchev–Trinajstić information content (AvgIpc) is 3.30. The Morgan fingerprint density at radius 2 is 2.00 bits per heavy atom. The van der Waals surface area contributed by atoms with E-state index in [1.807, 2.05) is 0 Å². The van der Waals surface area contributed by atoms with Crippen molar-refractivity contribution in [2.75, 3.05) is 13.1 Å². The highest BCUT2D eigenvalue weighted by molar-refractivity contribution is 5.82. The van der Waals surface area contributed by atoms with E-state index in [-0.39, 0.29) is 18.0 Å². The summed E-state index contributed by atoms with van der Waals surface area (Å²) < 4.78 is 1.77. The van der Waals surface area contributed by atoms with Gasteiger partial charge in [0.25, 0.3) is 0 Å². The molecule has 2 atom stereocenters. The van der Waals surface area contributed by atoms with Crippen molar-refractivity contribution in [1.82, 2.24) is 30.4 Å². The second-order valence-electron chi connectivity index (χ2n) is 7.43. The van der Waals surface area contributed by atoms with Gasteiger partial charge in [0.1, 0.15) is 6.33 Å². The van der Waals surface area contributed by atoms with Crippen LogP contribution in [0.15, 0.2) is 30.6 Å². The first-order valence-electron chi connectivity index (χ1n) is 9.38. The van der Waals surface area contributed by atoms with Gasteiger partial charge in [-0.15, -0.1) is 5.10 Å². The van der Waals surface area contributed by atoms with Crippen molar-refractivity contribution in [2.24, 2.45) is 5.92 Å². The van der Waals surface area contributed by atoms with Crippen molar-refractivity contribution >= 4 is 5.91 Å². The van der Waals surface area contributed by atoms with Crippen LogP contribution in [0.1, 0.15) is 44.4 Å². The van der Waals surface area contributed by atoms with Crippen molar-refractivity contribution in [3.63, 3.8) is 0 Å². The van der Waals surface area contributed by atoms with Crippen molar-refractivity contribution in [1.29, 1.82) is 0 Å². The Morgan fingerprint density at radius 1 is 1.27 bits per heavy atom. The van der Waals surface area contributed by atoms with E-state index < -0.39 is 0 Å². The van der Waals surface area contributed by atoms with Gasteiger partial charge in [0, 0.05) is 19.6 Å². The largest absolute Gasteiger partial charge is 0.354 e. The number of tetrazole rings is 1. The highest BCUT2D eigenvalue weighted by Gasteiger charge is 2.38. The van der Waals surface area contributed by atoms with E-state index in [1.54, 1.807) is 11.0 Å². The lowest BCUT2D eigenvalue weighted by Crippen LogP contribution is -2.43. The molecule has 1 fully saturated rings. The fourth-order valence-electron chi connectivity index (χ4n) is 3.39. The molecule has 1 aromatic heterocycles. The average molecular weight is 356 g/mol. The molecule has 3 rings (SSSR count). The summed E-state index contributed by atoms with van der Waals surface area (Å²) in [6, 6.07) is 8.61. The Balaban J connectivity index is 1.72. The van der Waals surface area contributed by atoms with E-state index in [4.69, 9.17) is 0 Å². The number of carbonyl (C=O) groups excluding carboxylic acids is 1. The zero-order valence-electron chi connectivity index (χ0n) is 15.8. The van der Waals surface area contributed by atoms with Crippen LogP contribution < -0.4 is 5.32 Å². The normalized spacial score (nSPS) is 20.6. The second kappa shape index (κ2) is 8.40. The molecule has 1 aromatic carbocycles.